The molecule has 0 saturated carbocycles. The van der Waals surface area contributed by atoms with E-state index in [9.17, 15) is 0 Å². The van der Waals surface area contributed by atoms with Crippen molar-refractivity contribution in [2.24, 2.45) is 0 Å². The lowest BCUT2D eigenvalue weighted by Crippen LogP contribution is -1.66. The zero-order valence-electron chi connectivity index (χ0n) is 7.84. The second kappa shape index (κ2) is 9.48. The molecule has 0 radical (unpaired) electrons. The molecule has 0 spiro atoms. The van der Waals surface area contributed by atoms with Crippen molar-refractivity contribution >= 4 is 0 Å². The van der Waals surface area contributed by atoms with Crippen molar-refractivity contribution < 1.29 is 0 Å². The molecule has 0 nitrogen and oxygen atoms in total. The predicted octanol–water partition coefficient (Wildman–Crippen LogP) is 4.09. The molecule has 0 aliphatic carbocycles. The maximum atomic E-state index is 2.28. The number of rotatable bonds is 6. The van der Waals surface area contributed by atoms with E-state index in [0.717, 1.165) is 0 Å². The van der Waals surface area contributed by atoms with E-state index < -0.39 is 0 Å². The van der Waals surface area contributed by atoms with Gasteiger partial charge in [-0.2, -0.15) is 0 Å². The van der Waals surface area contributed by atoms with Crippen LogP contribution in [0.1, 0.15) is 46.0 Å². The minimum atomic E-state index is 1.17. The summed E-state index contributed by atoms with van der Waals surface area (Å²) in [5.74, 6) is 0. The number of unbranched alkanes of at least 4 members (excludes halogenated alkanes) is 2. The Kier molecular flexibility index (Phi) is 9.03. The van der Waals surface area contributed by atoms with Gasteiger partial charge in [-0.25, -0.2) is 0 Å². The summed E-state index contributed by atoms with van der Waals surface area (Å²) in [7, 11) is 0. The third-order valence-corrected chi connectivity index (χ3v) is 1.52. The Bertz CT molecular complexity index is 109. The van der Waals surface area contributed by atoms with Gasteiger partial charge in [0.05, 0.1) is 0 Å². The predicted molar refractivity (Wildman–Crippen MR) is 52.7 cm³/mol. The van der Waals surface area contributed by atoms with E-state index in [-0.39, 0.29) is 0 Å². The molecular formula is C11H20. The van der Waals surface area contributed by atoms with Crippen LogP contribution in [-0.2, 0) is 0 Å². The molecule has 11 heavy (non-hydrogen) atoms. The molecule has 0 fully saturated rings. The molecule has 0 bridgehead atoms. The van der Waals surface area contributed by atoms with E-state index in [1.54, 1.807) is 0 Å². The summed E-state index contributed by atoms with van der Waals surface area (Å²) in [4.78, 5) is 0. The normalized spacial score (nSPS) is 11.8. The molecular weight excluding hydrogens is 132 g/mol. The number of hydrogen-bond donors (Lipinski definition) is 0. The van der Waals surface area contributed by atoms with Crippen LogP contribution in [-0.4, -0.2) is 0 Å². The van der Waals surface area contributed by atoms with E-state index in [1.165, 1.54) is 32.1 Å². The molecule has 0 saturated heterocycles. The molecule has 0 amide bonds. The Morgan fingerprint density at radius 3 is 1.82 bits per heavy atom. The first-order valence-electron chi connectivity index (χ1n) is 4.71. The van der Waals surface area contributed by atoms with E-state index in [2.05, 4.69) is 38.2 Å². The average molecular weight is 152 g/mol. The molecule has 0 aromatic carbocycles. The second-order valence-corrected chi connectivity index (χ2v) is 2.72. The Balaban J connectivity index is 3.06. The molecule has 0 aliphatic rings. The fraction of sp³-hybridized carbons (Fsp3) is 0.636. The number of hydrogen-bond acceptors (Lipinski definition) is 0. The zero-order chi connectivity index (χ0) is 8.36. The highest BCUT2D eigenvalue weighted by atomic mass is 13.8. The van der Waals surface area contributed by atoms with E-state index in [4.69, 9.17) is 0 Å². The lowest BCUT2D eigenvalue weighted by atomic mass is 10.2. The molecule has 0 heteroatoms. The Morgan fingerprint density at radius 2 is 1.27 bits per heavy atom. The van der Waals surface area contributed by atoms with E-state index in [0.29, 0.717) is 0 Å². The Labute approximate surface area is 71.0 Å². The molecule has 0 heterocycles. The van der Waals surface area contributed by atoms with Crippen molar-refractivity contribution in [3.05, 3.63) is 24.3 Å². The molecule has 0 unspecified atom stereocenters. The van der Waals surface area contributed by atoms with Crippen molar-refractivity contribution in [2.75, 3.05) is 0 Å². The van der Waals surface area contributed by atoms with Crippen LogP contribution >= 0.6 is 0 Å². The largest absolute Gasteiger partial charge is 0.0888 e. The molecule has 0 atom stereocenters. The summed E-state index contributed by atoms with van der Waals surface area (Å²) in [5.41, 5.74) is 0. The minimum Gasteiger partial charge on any atom is -0.0888 e. The topological polar surface area (TPSA) is 0 Å². The fourth-order valence-electron chi connectivity index (χ4n) is 0.879. The first-order valence-corrected chi connectivity index (χ1v) is 4.71. The maximum absolute atomic E-state index is 2.28. The molecule has 0 N–H and O–H groups in total. The summed E-state index contributed by atoms with van der Waals surface area (Å²) in [6.07, 6.45) is 15.1. The minimum absolute atomic E-state index is 1.17. The Hall–Kier alpha value is -0.520. The van der Waals surface area contributed by atoms with Crippen molar-refractivity contribution in [2.45, 2.75) is 46.0 Å². The van der Waals surface area contributed by atoms with Crippen molar-refractivity contribution in [1.82, 2.24) is 0 Å². The summed E-state index contributed by atoms with van der Waals surface area (Å²) < 4.78 is 0. The Morgan fingerprint density at radius 1 is 0.727 bits per heavy atom. The van der Waals surface area contributed by atoms with Crippen LogP contribution in [0.3, 0.4) is 0 Å². The lowest BCUT2D eigenvalue weighted by Gasteiger charge is -1.86. The van der Waals surface area contributed by atoms with Gasteiger partial charge in [-0.05, 0) is 25.7 Å². The van der Waals surface area contributed by atoms with Crippen molar-refractivity contribution in [3.63, 3.8) is 0 Å². The van der Waals surface area contributed by atoms with Crippen LogP contribution < -0.4 is 0 Å². The van der Waals surface area contributed by atoms with Crippen LogP contribution in [0.25, 0.3) is 0 Å². The van der Waals surface area contributed by atoms with Gasteiger partial charge in [0.1, 0.15) is 0 Å². The first kappa shape index (κ1) is 10.5. The first-order chi connectivity index (χ1) is 5.41. The lowest BCUT2D eigenvalue weighted by molar-refractivity contribution is 0.942. The van der Waals surface area contributed by atoms with E-state index in [1.807, 2.05) is 0 Å². The third kappa shape index (κ3) is 9.48. The van der Waals surface area contributed by atoms with Gasteiger partial charge >= 0.3 is 0 Å². The van der Waals surface area contributed by atoms with Gasteiger partial charge < -0.3 is 0 Å². The molecule has 64 valence electrons. The standard InChI is InChI=1S/C11H20/c1-3-5-7-9-11-10-8-6-4-2/h5,7-8,10H,3-4,6,9,11H2,1-2H3/b7-5+,10-8+. The van der Waals surface area contributed by atoms with Crippen LogP contribution in [0.15, 0.2) is 24.3 Å². The van der Waals surface area contributed by atoms with Gasteiger partial charge in [-0.1, -0.05) is 44.6 Å². The highest BCUT2D eigenvalue weighted by Gasteiger charge is 1.75. The second-order valence-electron chi connectivity index (χ2n) is 2.72. The van der Waals surface area contributed by atoms with Crippen molar-refractivity contribution in [1.29, 1.82) is 0 Å². The summed E-state index contributed by atoms with van der Waals surface area (Å²) in [6, 6.07) is 0. The molecule has 0 aromatic rings. The van der Waals surface area contributed by atoms with Crippen LogP contribution in [0.2, 0.25) is 0 Å². The van der Waals surface area contributed by atoms with Gasteiger partial charge in [-0.15, -0.1) is 0 Å². The van der Waals surface area contributed by atoms with Gasteiger partial charge in [-0.3, -0.25) is 0 Å². The smallest absolute Gasteiger partial charge is 0.0316 e. The van der Waals surface area contributed by atoms with Crippen molar-refractivity contribution in [3.8, 4) is 0 Å². The average Bonchev–Trinajstić information content (AvgIpc) is 2.03. The maximum Gasteiger partial charge on any atom is -0.0316 e. The van der Waals surface area contributed by atoms with Crippen LogP contribution in [0, 0.1) is 0 Å². The molecule has 0 rings (SSSR count). The quantitative estimate of drug-likeness (QED) is 0.397. The van der Waals surface area contributed by atoms with Crippen LogP contribution in [0.4, 0.5) is 0 Å². The SMILES string of the molecule is CC/C=C/CC/C=C/CCC. The molecule has 0 aromatic heterocycles. The summed E-state index contributed by atoms with van der Waals surface area (Å²) in [5, 5.41) is 0. The van der Waals surface area contributed by atoms with Gasteiger partial charge in [0, 0.05) is 0 Å². The van der Waals surface area contributed by atoms with Gasteiger partial charge in [0.25, 0.3) is 0 Å². The fourth-order valence-corrected chi connectivity index (χ4v) is 0.879. The summed E-state index contributed by atoms with van der Waals surface area (Å²) in [6.45, 7) is 4.38. The highest BCUT2D eigenvalue weighted by Crippen LogP contribution is 1.96. The van der Waals surface area contributed by atoms with Crippen LogP contribution in [0.5, 0.6) is 0 Å². The van der Waals surface area contributed by atoms with Gasteiger partial charge in [0.15, 0.2) is 0 Å². The zero-order valence-corrected chi connectivity index (χ0v) is 7.84. The van der Waals surface area contributed by atoms with E-state index >= 15 is 0 Å². The summed E-state index contributed by atoms with van der Waals surface area (Å²) >= 11 is 0. The monoisotopic (exact) mass is 152 g/mol. The highest BCUT2D eigenvalue weighted by molar-refractivity contribution is 4.87. The number of allylic oxidation sites excluding steroid dienone is 4. The third-order valence-electron chi connectivity index (χ3n) is 1.52. The molecule has 0 aliphatic heterocycles. The van der Waals surface area contributed by atoms with Gasteiger partial charge in [0.2, 0.25) is 0 Å².